The predicted octanol–water partition coefficient (Wildman–Crippen LogP) is 4.72. The number of rotatable bonds is 0. The molecule has 4 rings (SSSR count). The quantitative estimate of drug-likeness (QED) is 0.615. The highest BCUT2D eigenvalue weighted by molar-refractivity contribution is 9.10. The van der Waals surface area contributed by atoms with Crippen LogP contribution in [-0.2, 0) is 4.79 Å². The third-order valence-electron chi connectivity index (χ3n) is 9.04. The Kier molecular flexibility index (Phi) is 3.65. The molecule has 1 N–H and O–H groups in total. The van der Waals surface area contributed by atoms with Gasteiger partial charge >= 0.3 is 0 Å². The van der Waals surface area contributed by atoms with Crippen LogP contribution in [0, 0.1) is 34.5 Å². The van der Waals surface area contributed by atoms with Gasteiger partial charge in [-0.3, -0.25) is 4.79 Å². The number of hydrogen-bond acceptors (Lipinski definition) is 2. The molecule has 3 unspecified atom stereocenters. The topological polar surface area (TPSA) is 37.3 Å². The Morgan fingerprint density at radius 2 is 1.74 bits per heavy atom. The maximum atomic E-state index is 12.2. The van der Waals surface area contributed by atoms with E-state index >= 15 is 0 Å². The van der Waals surface area contributed by atoms with Gasteiger partial charge in [-0.15, -0.1) is 0 Å². The Hall–Kier alpha value is 0.110. The van der Waals surface area contributed by atoms with Crippen LogP contribution in [-0.4, -0.2) is 21.3 Å². The molecule has 0 aromatic heterocycles. The lowest BCUT2D eigenvalue weighted by Crippen LogP contribution is -2.57. The van der Waals surface area contributed by atoms with Gasteiger partial charge in [-0.25, -0.2) is 0 Å². The van der Waals surface area contributed by atoms with E-state index in [1.54, 1.807) is 0 Å². The number of carbonyl (C=O) groups excluding carboxylic acids is 1. The van der Waals surface area contributed by atoms with Gasteiger partial charge in [-0.2, -0.15) is 0 Å². The van der Waals surface area contributed by atoms with Crippen molar-refractivity contribution in [3.05, 3.63) is 0 Å². The van der Waals surface area contributed by atoms with Gasteiger partial charge in [0.05, 0.1) is 10.4 Å². The molecule has 4 fully saturated rings. The van der Waals surface area contributed by atoms with Gasteiger partial charge < -0.3 is 5.11 Å². The summed E-state index contributed by atoms with van der Waals surface area (Å²) in [5.74, 6) is 3.21. The van der Waals surface area contributed by atoms with Crippen molar-refractivity contribution < 1.29 is 9.90 Å². The molecule has 0 amide bonds. The Morgan fingerprint density at radius 3 is 2.48 bits per heavy atom. The number of aliphatic hydroxyl groups is 1. The summed E-state index contributed by atoms with van der Waals surface area (Å²) < 4.78 is 0. The summed E-state index contributed by atoms with van der Waals surface area (Å²) in [7, 11) is 0. The Bertz CT molecular complexity index is 530. The summed E-state index contributed by atoms with van der Waals surface area (Å²) in [5.41, 5.74) is -0.0582. The first kappa shape index (κ1) is 16.6. The summed E-state index contributed by atoms with van der Waals surface area (Å²) in [6.07, 6.45) is 8.88. The SMILES string of the molecule is CC1(O)CC[C@H]2[C@@H]3CCC4CC(=O)C(Br)C[C@]4(C)[C@@H]3CC[C@@]21C. The highest BCUT2D eigenvalue weighted by Gasteiger charge is 2.63. The summed E-state index contributed by atoms with van der Waals surface area (Å²) in [5, 5.41) is 11.0. The van der Waals surface area contributed by atoms with E-state index in [0.29, 0.717) is 23.0 Å². The number of alkyl halides is 1. The molecule has 8 atom stereocenters. The largest absolute Gasteiger partial charge is 0.390 e. The number of carbonyl (C=O) groups is 1. The molecule has 0 radical (unpaired) electrons. The highest BCUT2D eigenvalue weighted by atomic mass is 79.9. The second-order valence-corrected chi connectivity index (χ2v) is 10.9. The molecule has 2 nitrogen and oxygen atoms in total. The van der Waals surface area contributed by atoms with Gasteiger partial charge in [0.1, 0.15) is 5.78 Å². The van der Waals surface area contributed by atoms with Crippen molar-refractivity contribution in [3.8, 4) is 0 Å². The normalized spacial score (nSPS) is 59.2. The van der Waals surface area contributed by atoms with Gasteiger partial charge in [-0.05, 0) is 86.4 Å². The Labute approximate surface area is 148 Å². The molecule has 0 bridgehead atoms. The van der Waals surface area contributed by atoms with Gasteiger partial charge in [0.25, 0.3) is 0 Å². The standard InChI is InChI=1S/C20H31BrO2/c1-18-11-16(21)17(22)10-12(18)4-5-13-14(18)6-8-19(2)15(13)7-9-20(19,3)23/h12-16,23H,4-11H2,1-3H3/t12?,13-,14-,15+,16?,18+,19+,20?/m1/s1. The highest BCUT2D eigenvalue weighted by Crippen LogP contribution is 2.68. The molecule has 0 heterocycles. The van der Waals surface area contributed by atoms with E-state index in [1.807, 2.05) is 0 Å². The van der Waals surface area contributed by atoms with Crippen molar-refractivity contribution in [1.82, 2.24) is 0 Å². The summed E-state index contributed by atoms with van der Waals surface area (Å²) in [6, 6.07) is 0. The number of fused-ring (bicyclic) bond motifs is 5. The van der Waals surface area contributed by atoms with Crippen LogP contribution in [0.1, 0.15) is 72.1 Å². The smallest absolute Gasteiger partial charge is 0.146 e. The van der Waals surface area contributed by atoms with Crippen molar-refractivity contribution in [1.29, 1.82) is 0 Å². The maximum absolute atomic E-state index is 12.2. The van der Waals surface area contributed by atoms with Crippen LogP contribution in [0.5, 0.6) is 0 Å². The molecular formula is C20H31BrO2. The molecule has 4 saturated carbocycles. The van der Waals surface area contributed by atoms with Crippen LogP contribution < -0.4 is 0 Å². The molecule has 0 aromatic rings. The minimum atomic E-state index is -0.485. The Balaban J connectivity index is 1.66. The van der Waals surface area contributed by atoms with E-state index in [4.69, 9.17) is 0 Å². The molecule has 0 spiro atoms. The zero-order valence-electron chi connectivity index (χ0n) is 14.8. The van der Waals surface area contributed by atoms with Gasteiger partial charge in [-0.1, -0.05) is 29.8 Å². The first-order valence-corrected chi connectivity index (χ1v) is 10.5. The molecule has 3 heteroatoms. The van der Waals surface area contributed by atoms with Crippen LogP contribution in [0.2, 0.25) is 0 Å². The minimum absolute atomic E-state index is 0.0718. The first-order valence-electron chi connectivity index (χ1n) is 9.58. The van der Waals surface area contributed by atoms with E-state index < -0.39 is 5.60 Å². The fourth-order valence-corrected chi connectivity index (χ4v) is 8.19. The maximum Gasteiger partial charge on any atom is 0.146 e. The molecule has 130 valence electrons. The lowest BCUT2D eigenvalue weighted by atomic mass is 9.44. The molecule has 4 aliphatic rings. The van der Waals surface area contributed by atoms with Gasteiger partial charge in [0.15, 0.2) is 0 Å². The molecule has 0 saturated heterocycles. The molecule has 0 aromatic carbocycles. The second kappa shape index (κ2) is 5.06. The number of Topliss-reactive ketones (excluding diaryl/α,β-unsaturated/α-hetero) is 1. The number of halogens is 1. The van der Waals surface area contributed by atoms with Crippen LogP contribution in [0.4, 0.5) is 0 Å². The molecule has 23 heavy (non-hydrogen) atoms. The molecular weight excluding hydrogens is 352 g/mol. The van der Waals surface area contributed by atoms with Crippen molar-refractivity contribution in [2.45, 2.75) is 82.6 Å². The van der Waals surface area contributed by atoms with E-state index in [0.717, 1.165) is 37.5 Å². The first-order chi connectivity index (χ1) is 10.7. The third-order valence-corrected chi connectivity index (χ3v) is 9.88. The number of hydrogen-bond donors (Lipinski definition) is 1. The van der Waals surface area contributed by atoms with Crippen molar-refractivity contribution in [3.63, 3.8) is 0 Å². The monoisotopic (exact) mass is 382 g/mol. The summed E-state index contributed by atoms with van der Waals surface area (Å²) in [6.45, 7) is 6.91. The summed E-state index contributed by atoms with van der Waals surface area (Å²) >= 11 is 3.66. The van der Waals surface area contributed by atoms with Gasteiger partial charge in [0.2, 0.25) is 0 Å². The zero-order valence-corrected chi connectivity index (χ0v) is 16.4. The van der Waals surface area contributed by atoms with Gasteiger partial charge in [0, 0.05) is 6.42 Å². The fraction of sp³-hybridized carbons (Fsp3) is 0.950. The zero-order chi connectivity index (χ0) is 16.6. The van der Waals surface area contributed by atoms with Crippen LogP contribution in [0.15, 0.2) is 0 Å². The van der Waals surface area contributed by atoms with Crippen LogP contribution in [0.25, 0.3) is 0 Å². The Morgan fingerprint density at radius 1 is 1.04 bits per heavy atom. The number of ketones is 1. The molecule has 0 aliphatic heterocycles. The van der Waals surface area contributed by atoms with E-state index in [-0.39, 0.29) is 10.2 Å². The average molecular weight is 383 g/mol. The van der Waals surface area contributed by atoms with E-state index in [2.05, 4.69) is 36.7 Å². The second-order valence-electron chi connectivity index (χ2n) is 9.77. The van der Waals surface area contributed by atoms with Crippen molar-refractivity contribution >= 4 is 21.7 Å². The van der Waals surface area contributed by atoms with Crippen molar-refractivity contribution in [2.75, 3.05) is 0 Å². The lowest BCUT2D eigenvalue weighted by molar-refractivity contribution is -0.151. The minimum Gasteiger partial charge on any atom is -0.390 e. The predicted molar refractivity (Wildman–Crippen MR) is 95.5 cm³/mol. The average Bonchev–Trinajstić information content (AvgIpc) is 2.71. The van der Waals surface area contributed by atoms with Crippen molar-refractivity contribution in [2.24, 2.45) is 34.5 Å². The fourth-order valence-electron chi connectivity index (χ4n) is 7.30. The summed E-state index contributed by atoms with van der Waals surface area (Å²) in [4.78, 5) is 12.3. The van der Waals surface area contributed by atoms with Crippen LogP contribution >= 0.6 is 15.9 Å². The van der Waals surface area contributed by atoms with Crippen LogP contribution in [0.3, 0.4) is 0 Å². The van der Waals surface area contributed by atoms with E-state index in [1.165, 1.54) is 25.7 Å². The third kappa shape index (κ3) is 2.11. The lowest BCUT2D eigenvalue weighted by Gasteiger charge is -2.61. The van der Waals surface area contributed by atoms with E-state index in [9.17, 15) is 9.90 Å². The molecule has 4 aliphatic carbocycles.